The molecule has 0 amide bonds. The van der Waals surface area contributed by atoms with Crippen LogP contribution in [0.3, 0.4) is 0 Å². The van der Waals surface area contributed by atoms with E-state index in [-0.39, 0.29) is 25.2 Å². The van der Waals surface area contributed by atoms with Crippen LogP contribution in [0.4, 0.5) is 17.6 Å². The molecule has 1 aliphatic carbocycles. The standard InChI is InChI=1S/C9H15F4N/c10-8(11)7(14)4-6-2-1-3-9(12,13)5-6/h6-8H,1-5,14H2. The zero-order chi connectivity index (χ0) is 10.8. The lowest BCUT2D eigenvalue weighted by Gasteiger charge is -2.30. The van der Waals surface area contributed by atoms with Crippen LogP contribution < -0.4 is 5.73 Å². The van der Waals surface area contributed by atoms with E-state index in [2.05, 4.69) is 0 Å². The van der Waals surface area contributed by atoms with Gasteiger partial charge in [-0.1, -0.05) is 0 Å². The molecule has 5 heteroatoms. The van der Waals surface area contributed by atoms with Gasteiger partial charge in [-0.3, -0.25) is 0 Å². The Bertz CT molecular complexity index is 184. The van der Waals surface area contributed by atoms with Crippen LogP contribution in [0.5, 0.6) is 0 Å². The zero-order valence-corrected chi connectivity index (χ0v) is 7.86. The van der Waals surface area contributed by atoms with Gasteiger partial charge in [-0.2, -0.15) is 0 Å². The van der Waals surface area contributed by atoms with E-state index in [9.17, 15) is 17.6 Å². The molecule has 2 N–H and O–H groups in total. The zero-order valence-electron chi connectivity index (χ0n) is 7.86. The largest absolute Gasteiger partial charge is 0.323 e. The molecule has 0 aromatic rings. The highest BCUT2D eigenvalue weighted by Crippen LogP contribution is 2.38. The van der Waals surface area contributed by atoms with Crippen molar-refractivity contribution in [3.63, 3.8) is 0 Å². The van der Waals surface area contributed by atoms with Gasteiger partial charge in [0.25, 0.3) is 6.43 Å². The smallest absolute Gasteiger partial charge is 0.253 e. The second-order valence-electron chi connectivity index (χ2n) is 4.05. The minimum absolute atomic E-state index is 0.00720. The van der Waals surface area contributed by atoms with E-state index < -0.39 is 18.4 Å². The van der Waals surface area contributed by atoms with Crippen LogP contribution in [0.2, 0.25) is 0 Å². The molecule has 0 heterocycles. The molecule has 84 valence electrons. The Morgan fingerprint density at radius 2 is 2.00 bits per heavy atom. The van der Waals surface area contributed by atoms with Crippen molar-refractivity contribution >= 4 is 0 Å². The van der Waals surface area contributed by atoms with Gasteiger partial charge in [0, 0.05) is 12.8 Å². The van der Waals surface area contributed by atoms with E-state index in [0.717, 1.165) is 0 Å². The summed E-state index contributed by atoms with van der Waals surface area (Å²) >= 11 is 0. The van der Waals surface area contributed by atoms with Crippen molar-refractivity contribution in [1.29, 1.82) is 0 Å². The molecule has 1 nitrogen and oxygen atoms in total. The molecule has 0 radical (unpaired) electrons. The highest BCUT2D eigenvalue weighted by Gasteiger charge is 2.37. The first-order valence-electron chi connectivity index (χ1n) is 4.82. The third-order valence-corrected chi connectivity index (χ3v) is 2.67. The van der Waals surface area contributed by atoms with Crippen molar-refractivity contribution in [2.24, 2.45) is 11.7 Å². The summed E-state index contributed by atoms with van der Waals surface area (Å²) in [5, 5.41) is 0. The van der Waals surface area contributed by atoms with Gasteiger partial charge in [-0.15, -0.1) is 0 Å². The van der Waals surface area contributed by atoms with Gasteiger partial charge in [0.2, 0.25) is 5.92 Å². The molecule has 1 aliphatic rings. The molecule has 14 heavy (non-hydrogen) atoms. The fourth-order valence-electron chi connectivity index (χ4n) is 1.96. The van der Waals surface area contributed by atoms with Crippen LogP contribution in [0, 0.1) is 5.92 Å². The predicted molar refractivity (Wildman–Crippen MR) is 45.5 cm³/mol. The van der Waals surface area contributed by atoms with Crippen molar-refractivity contribution in [3.05, 3.63) is 0 Å². The van der Waals surface area contributed by atoms with Crippen molar-refractivity contribution < 1.29 is 17.6 Å². The number of halogens is 4. The molecular weight excluding hydrogens is 198 g/mol. The Labute approximate surface area is 80.7 Å². The third kappa shape index (κ3) is 3.44. The maximum absolute atomic E-state index is 12.9. The van der Waals surface area contributed by atoms with Gasteiger partial charge in [-0.25, -0.2) is 17.6 Å². The molecule has 0 spiro atoms. The van der Waals surface area contributed by atoms with Gasteiger partial charge in [0.1, 0.15) is 0 Å². The van der Waals surface area contributed by atoms with E-state index in [1.807, 2.05) is 0 Å². The maximum atomic E-state index is 12.9. The highest BCUT2D eigenvalue weighted by atomic mass is 19.3. The lowest BCUT2D eigenvalue weighted by atomic mass is 9.83. The summed E-state index contributed by atoms with van der Waals surface area (Å²) in [6.07, 6.45) is -2.00. The lowest BCUT2D eigenvalue weighted by Crippen LogP contribution is -2.35. The van der Waals surface area contributed by atoms with Crippen molar-refractivity contribution in [2.45, 2.75) is 50.5 Å². The molecule has 0 aliphatic heterocycles. The Kier molecular flexibility index (Phi) is 3.75. The summed E-state index contributed by atoms with van der Waals surface area (Å²) in [6.45, 7) is 0. The maximum Gasteiger partial charge on any atom is 0.253 e. The second-order valence-corrected chi connectivity index (χ2v) is 4.05. The van der Waals surface area contributed by atoms with Gasteiger partial charge >= 0.3 is 0 Å². The minimum Gasteiger partial charge on any atom is -0.323 e. The molecule has 1 rings (SSSR count). The quantitative estimate of drug-likeness (QED) is 0.717. The number of hydrogen-bond acceptors (Lipinski definition) is 1. The van der Waals surface area contributed by atoms with E-state index in [1.165, 1.54) is 0 Å². The van der Waals surface area contributed by atoms with Crippen molar-refractivity contribution in [3.8, 4) is 0 Å². The molecule has 0 saturated heterocycles. The summed E-state index contributed by atoms with van der Waals surface area (Å²) < 4.78 is 49.9. The second kappa shape index (κ2) is 4.47. The Hall–Kier alpha value is -0.320. The van der Waals surface area contributed by atoms with Crippen LogP contribution in [0.15, 0.2) is 0 Å². The van der Waals surface area contributed by atoms with E-state index in [0.29, 0.717) is 12.8 Å². The first-order chi connectivity index (χ1) is 6.41. The first kappa shape index (κ1) is 11.8. The fraction of sp³-hybridized carbons (Fsp3) is 1.00. The van der Waals surface area contributed by atoms with Gasteiger partial charge in [0.15, 0.2) is 0 Å². The molecular formula is C9H15F4N. The first-order valence-corrected chi connectivity index (χ1v) is 4.82. The highest BCUT2D eigenvalue weighted by molar-refractivity contribution is 4.81. The average molecular weight is 213 g/mol. The van der Waals surface area contributed by atoms with Crippen LogP contribution in [-0.2, 0) is 0 Å². The van der Waals surface area contributed by atoms with Crippen LogP contribution in [-0.4, -0.2) is 18.4 Å². The van der Waals surface area contributed by atoms with Gasteiger partial charge in [-0.05, 0) is 25.2 Å². The Morgan fingerprint density at radius 3 is 2.50 bits per heavy atom. The summed E-state index contributed by atoms with van der Waals surface area (Å²) in [5.41, 5.74) is 5.14. The molecule has 2 unspecified atom stereocenters. The van der Waals surface area contributed by atoms with Crippen molar-refractivity contribution in [2.75, 3.05) is 0 Å². The summed E-state index contributed by atoms with van der Waals surface area (Å²) in [5.74, 6) is -3.02. The Morgan fingerprint density at radius 1 is 1.36 bits per heavy atom. The number of rotatable bonds is 3. The van der Waals surface area contributed by atoms with E-state index >= 15 is 0 Å². The number of hydrogen-bond donors (Lipinski definition) is 1. The number of nitrogens with two attached hydrogens (primary N) is 1. The molecule has 1 saturated carbocycles. The monoisotopic (exact) mass is 213 g/mol. The molecule has 2 atom stereocenters. The summed E-state index contributed by atoms with van der Waals surface area (Å²) in [6, 6.07) is -1.26. The van der Waals surface area contributed by atoms with E-state index in [1.54, 1.807) is 0 Å². The Balaban J connectivity index is 2.38. The summed E-state index contributed by atoms with van der Waals surface area (Å²) in [4.78, 5) is 0. The fourth-order valence-corrected chi connectivity index (χ4v) is 1.96. The summed E-state index contributed by atoms with van der Waals surface area (Å²) in [7, 11) is 0. The topological polar surface area (TPSA) is 26.0 Å². The molecule has 0 bridgehead atoms. The molecule has 0 aromatic carbocycles. The van der Waals surface area contributed by atoms with E-state index in [4.69, 9.17) is 5.73 Å². The number of alkyl halides is 4. The van der Waals surface area contributed by atoms with Gasteiger partial charge in [0.05, 0.1) is 6.04 Å². The van der Waals surface area contributed by atoms with Crippen LogP contribution in [0.25, 0.3) is 0 Å². The van der Waals surface area contributed by atoms with Crippen LogP contribution in [0.1, 0.15) is 32.1 Å². The third-order valence-electron chi connectivity index (χ3n) is 2.67. The van der Waals surface area contributed by atoms with Gasteiger partial charge < -0.3 is 5.73 Å². The van der Waals surface area contributed by atoms with Crippen LogP contribution >= 0.6 is 0 Å². The van der Waals surface area contributed by atoms with Crippen molar-refractivity contribution in [1.82, 2.24) is 0 Å². The SMILES string of the molecule is NC(CC1CCCC(F)(F)C1)C(F)F. The lowest BCUT2D eigenvalue weighted by molar-refractivity contribution is -0.0569. The molecule has 1 fully saturated rings. The normalized spacial score (nSPS) is 29.1. The predicted octanol–water partition coefficient (Wildman–Crippen LogP) is 2.79. The average Bonchev–Trinajstić information content (AvgIpc) is 2.01. The minimum atomic E-state index is -2.68. The molecule has 0 aromatic heterocycles.